The smallest absolute Gasteiger partial charge is 0.257 e. The van der Waals surface area contributed by atoms with Gasteiger partial charge in [0, 0.05) is 38.8 Å². The highest BCUT2D eigenvalue weighted by Gasteiger charge is 2.57. The van der Waals surface area contributed by atoms with E-state index in [2.05, 4.69) is 5.10 Å². The molecule has 1 aliphatic carbocycles. The lowest BCUT2D eigenvalue weighted by Gasteiger charge is -2.63. The standard InChI is InChI=1S/C15H20N4O3/c1-17-7-11(6-16-17)14(22)19-3-2-15(19)8-18(9-15)13(21)10-4-12(20)5-10/h6-7,10,12,20H,2-5,8-9H2,1H3. The molecule has 0 bridgehead atoms. The number of rotatable bonds is 2. The van der Waals surface area contributed by atoms with Gasteiger partial charge in [-0.05, 0) is 19.3 Å². The van der Waals surface area contributed by atoms with Crippen molar-refractivity contribution in [1.82, 2.24) is 19.6 Å². The fraction of sp³-hybridized carbons (Fsp3) is 0.667. The molecule has 4 rings (SSSR count). The summed E-state index contributed by atoms with van der Waals surface area (Å²) in [6, 6.07) is 0. The van der Waals surface area contributed by atoms with E-state index in [-0.39, 0.29) is 29.4 Å². The van der Waals surface area contributed by atoms with Crippen LogP contribution in [0, 0.1) is 5.92 Å². The Kier molecular flexibility index (Phi) is 2.84. The van der Waals surface area contributed by atoms with Crippen LogP contribution in [0.4, 0.5) is 0 Å². The molecule has 3 fully saturated rings. The minimum absolute atomic E-state index is 0.00511. The Bertz CT molecular complexity index is 628. The quantitative estimate of drug-likeness (QED) is 0.808. The SMILES string of the molecule is Cn1cc(C(=O)N2CCC23CN(C(=O)C2CC(O)C2)C3)cn1. The summed E-state index contributed by atoms with van der Waals surface area (Å²) in [6.45, 7) is 2.01. The van der Waals surface area contributed by atoms with E-state index in [0.29, 0.717) is 31.5 Å². The molecule has 2 aliphatic heterocycles. The van der Waals surface area contributed by atoms with Gasteiger partial charge in [0.25, 0.3) is 5.91 Å². The number of hydrogen-bond donors (Lipinski definition) is 1. The normalized spacial score (nSPS) is 28.8. The van der Waals surface area contributed by atoms with Gasteiger partial charge >= 0.3 is 0 Å². The van der Waals surface area contributed by atoms with E-state index in [4.69, 9.17) is 0 Å². The summed E-state index contributed by atoms with van der Waals surface area (Å²) < 4.78 is 1.62. The Morgan fingerprint density at radius 2 is 2.09 bits per heavy atom. The van der Waals surface area contributed by atoms with Crippen LogP contribution in [0.25, 0.3) is 0 Å². The molecule has 0 radical (unpaired) electrons. The molecule has 1 saturated carbocycles. The first-order chi connectivity index (χ1) is 10.5. The van der Waals surface area contributed by atoms with Crippen molar-refractivity contribution in [3.8, 4) is 0 Å². The van der Waals surface area contributed by atoms with Crippen LogP contribution < -0.4 is 0 Å². The summed E-state index contributed by atoms with van der Waals surface area (Å²) >= 11 is 0. The van der Waals surface area contributed by atoms with Crippen LogP contribution in [0.1, 0.15) is 29.6 Å². The molecule has 3 heterocycles. The molecule has 1 aromatic rings. The summed E-state index contributed by atoms with van der Waals surface area (Å²) in [7, 11) is 1.79. The predicted molar refractivity (Wildman–Crippen MR) is 76.9 cm³/mol. The summed E-state index contributed by atoms with van der Waals surface area (Å²) in [4.78, 5) is 28.4. The van der Waals surface area contributed by atoms with E-state index in [9.17, 15) is 14.7 Å². The van der Waals surface area contributed by atoms with Crippen molar-refractivity contribution in [2.75, 3.05) is 19.6 Å². The van der Waals surface area contributed by atoms with Crippen LogP contribution in [-0.4, -0.2) is 67.8 Å². The lowest BCUT2D eigenvalue weighted by atomic mass is 9.74. The number of nitrogens with zero attached hydrogens (tertiary/aromatic N) is 4. The summed E-state index contributed by atoms with van der Waals surface area (Å²) in [6.07, 6.45) is 5.13. The lowest BCUT2D eigenvalue weighted by Crippen LogP contribution is -2.79. The van der Waals surface area contributed by atoms with Crippen molar-refractivity contribution < 1.29 is 14.7 Å². The number of aliphatic hydroxyl groups excluding tert-OH is 1. The summed E-state index contributed by atoms with van der Waals surface area (Å²) in [5, 5.41) is 13.4. The lowest BCUT2D eigenvalue weighted by molar-refractivity contribution is -0.164. The van der Waals surface area contributed by atoms with Crippen molar-refractivity contribution in [3.05, 3.63) is 18.0 Å². The molecule has 1 aromatic heterocycles. The van der Waals surface area contributed by atoms with Crippen LogP contribution in [0.2, 0.25) is 0 Å². The van der Waals surface area contributed by atoms with Crippen LogP contribution in [0.3, 0.4) is 0 Å². The molecular formula is C15H20N4O3. The molecule has 22 heavy (non-hydrogen) atoms. The van der Waals surface area contributed by atoms with Gasteiger partial charge in [-0.3, -0.25) is 14.3 Å². The maximum absolute atomic E-state index is 12.5. The second-order valence-electron chi connectivity index (χ2n) is 6.85. The maximum atomic E-state index is 12.5. The van der Waals surface area contributed by atoms with Crippen LogP contribution in [-0.2, 0) is 11.8 Å². The Labute approximate surface area is 128 Å². The van der Waals surface area contributed by atoms with Gasteiger partial charge in [0.05, 0.1) is 23.4 Å². The zero-order chi connectivity index (χ0) is 15.5. The van der Waals surface area contributed by atoms with Crippen molar-refractivity contribution in [3.63, 3.8) is 0 Å². The minimum Gasteiger partial charge on any atom is -0.393 e. The van der Waals surface area contributed by atoms with Gasteiger partial charge in [0.15, 0.2) is 0 Å². The largest absolute Gasteiger partial charge is 0.393 e. The van der Waals surface area contributed by atoms with E-state index in [0.717, 1.165) is 13.0 Å². The van der Waals surface area contributed by atoms with E-state index >= 15 is 0 Å². The number of hydrogen-bond acceptors (Lipinski definition) is 4. The molecular weight excluding hydrogens is 284 g/mol. The second-order valence-corrected chi connectivity index (χ2v) is 6.85. The van der Waals surface area contributed by atoms with Gasteiger partial charge in [-0.1, -0.05) is 0 Å². The Hall–Kier alpha value is -1.89. The van der Waals surface area contributed by atoms with Crippen LogP contribution in [0.5, 0.6) is 0 Å². The molecule has 2 saturated heterocycles. The molecule has 7 nitrogen and oxygen atoms in total. The highest BCUT2D eigenvalue weighted by atomic mass is 16.3. The van der Waals surface area contributed by atoms with Gasteiger partial charge in [-0.25, -0.2) is 0 Å². The molecule has 118 valence electrons. The number of amides is 2. The number of carbonyl (C=O) groups is 2. The molecule has 0 atom stereocenters. The summed E-state index contributed by atoms with van der Waals surface area (Å²) in [5.41, 5.74) is 0.443. The topological polar surface area (TPSA) is 78.7 Å². The van der Waals surface area contributed by atoms with Gasteiger partial charge in [0.2, 0.25) is 5.91 Å². The van der Waals surface area contributed by atoms with Crippen LogP contribution in [0.15, 0.2) is 12.4 Å². The van der Waals surface area contributed by atoms with Crippen molar-refractivity contribution >= 4 is 11.8 Å². The first-order valence-corrected chi connectivity index (χ1v) is 7.76. The van der Waals surface area contributed by atoms with Crippen molar-refractivity contribution in [2.45, 2.75) is 30.9 Å². The fourth-order valence-electron chi connectivity index (χ4n) is 3.74. The molecule has 1 spiro atoms. The molecule has 0 aromatic carbocycles. The van der Waals surface area contributed by atoms with Crippen molar-refractivity contribution in [2.24, 2.45) is 13.0 Å². The third kappa shape index (κ3) is 1.88. The molecule has 2 amide bonds. The third-order valence-electron chi connectivity index (χ3n) is 5.31. The van der Waals surface area contributed by atoms with E-state index in [1.165, 1.54) is 0 Å². The average Bonchev–Trinajstić information content (AvgIpc) is 2.79. The van der Waals surface area contributed by atoms with E-state index < -0.39 is 0 Å². The number of carbonyl (C=O) groups excluding carboxylic acids is 2. The number of aryl methyl sites for hydroxylation is 1. The number of aliphatic hydroxyl groups is 1. The Morgan fingerprint density at radius 1 is 1.36 bits per heavy atom. The minimum atomic E-state index is -0.309. The molecule has 0 unspecified atom stereocenters. The van der Waals surface area contributed by atoms with Gasteiger partial charge in [-0.2, -0.15) is 5.10 Å². The third-order valence-corrected chi connectivity index (χ3v) is 5.31. The molecule has 3 aliphatic rings. The fourth-order valence-corrected chi connectivity index (χ4v) is 3.74. The first kappa shape index (κ1) is 13.8. The maximum Gasteiger partial charge on any atom is 0.257 e. The van der Waals surface area contributed by atoms with Gasteiger partial charge < -0.3 is 14.9 Å². The summed E-state index contributed by atoms with van der Waals surface area (Å²) in [5.74, 6) is 0.122. The zero-order valence-corrected chi connectivity index (χ0v) is 12.6. The van der Waals surface area contributed by atoms with Gasteiger partial charge in [0.1, 0.15) is 0 Å². The first-order valence-electron chi connectivity index (χ1n) is 7.76. The van der Waals surface area contributed by atoms with E-state index in [1.54, 1.807) is 24.1 Å². The van der Waals surface area contributed by atoms with Gasteiger partial charge in [-0.15, -0.1) is 0 Å². The number of likely N-dealkylation sites (tertiary alicyclic amines) is 2. The Balaban J connectivity index is 1.38. The predicted octanol–water partition coefficient (Wildman–Crippen LogP) is -0.382. The molecule has 1 N–H and O–H groups in total. The number of aromatic nitrogens is 2. The molecule has 7 heteroatoms. The highest BCUT2D eigenvalue weighted by Crippen LogP contribution is 2.42. The average molecular weight is 304 g/mol. The van der Waals surface area contributed by atoms with Crippen LogP contribution >= 0.6 is 0 Å². The van der Waals surface area contributed by atoms with Crippen molar-refractivity contribution in [1.29, 1.82) is 0 Å². The second kappa shape index (κ2) is 4.55. The monoisotopic (exact) mass is 304 g/mol. The zero-order valence-electron chi connectivity index (χ0n) is 12.6. The van der Waals surface area contributed by atoms with E-state index in [1.807, 2.05) is 9.80 Å². The Morgan fingerprint density at radius 3 is 2.59 bits per heavy atom. The highest BCUT2D eigenvalue weighted by molar-refractivity contribution is 5.95.